The lowest BCUT2D eigenvalue weighted by Crippen LogP contribution is -2.16. The van der Waals surface area contributed by atoms with E-state index in [9.17, 15) is 8.78 Å². The van der Waals surface area contributed by atoms with Crippen molar-refractivity contribution in [3.63, 3.8) is 0 Å². The molecule has 0 spiro atoms. The Kier molecular flexibility index (Phi) is 5.31. The summed E-state index contributed by atoms with van der Waals surface area (Å²) in [4.78, 5) is 0. The lowest BCUT2D eigenvalue weighted by atomic mass is 9.98. The van der Waals surface area contributed by atoms with E-state index < -0.39 is 17.7 Å². The van der Waals surface area contributed by atoms with Crippen LogP contribution in [0.3, 0.4) is 0 Å². The van der Waals surface area contributed by atoms with Gasteiger partial charge in [0.05, 0.1) is 6.61 Å². The van der Waals surface area contributed by atoms with Gasteiger partial charge in [-0.15, -0.1) is 0 Å². The third-order valence-electron chi connectivity index (χ3n) is 3.13. The Balaban J connectivity index is 2.27. The number of benzene rings is 2. The van der Waals surface area contributed by atoms with Crippen LogP contribution in [0.2, 0.25) is 0 Å². The molecule has 0 aliphatic heterocycles. The Morgan fingerprint density at radius 1 is 1.19 bits per heavy atom. The Bertz CT molecular complexity index is 634. The minimum Gasteiger partial charge on any atom is -0.494 e. The van der Waals surface area contributed by atoms with Crippen molar-refractivity contribution in [1.29, 1.82) is 0 Å². The van der Waals surface area contributed by atoms with Crippen molar-refractivity contribution in [2.45, 2.75) is 19.4 Å². The number of rotatable bonds is 5. The second-order valence-electron chi connectivity index (χ2n) is 4.66. The zero-order valence-corrected chi connectivity index (χ0v) is 13.2. The summed E-state index contributed by atoms with van der Waals surface area (Å²) in [5.74, 6) is -0.503. The fourth-order valence-electron chi connectivity index (χ4n) is 2.13. The van der Waals surface area contributed by atoms with Crippen LogP contribution in [0, 0.1) is 11.6 Å². The molecule has 1 atom stereocenters. The molecule has 0 heterocycles. The van der Waals surface area contributed by atoms with Crippen molar-refractivity contribution < 1.29 is 13.5 Å². The van der Waals surface area contributed by atoms with Crippen LogP contribution in [0.5, 0.6) is 5.75 Å². The summed E-state index contributed by atoms with van der Waals surface area (Å²) < 4.78 is 33.1. The Labute approximate surface area is 131 Å². The largest absolute Gasteiger partial charge is 0.494 e. The summed E-state index contributed by atoms with van der Waals surface area (Å²) in [6.07, 6.45) is 0.267. The van der Waals surface area contributed by atoms with Crippen LogP contribution in [0.15, 0.2) is 40.9 Å². The minimum atomic E-state index is -0.595. The minimum absolute atomic E-state index is 0.267. The molecule has 0 bridgehead atoms. The van der Waals surface area contributed by atoms with Crippen LogP contribution in [-0.2, 0) is 6.42 Å². The van der Waals surface area contributed by atoms with Crippen molar-refractivity contribution >= 4 is 15.9 Å². The highest BCUT2D eigenvalue weighted by atomic mass is 79.9. The molecule has 0 saturated carbocycles. The van der Waals surface area contributed by atoms with E-state index in [0.717, 1.165) is 16.1 Å². The molecule has 2 N–H and O–H groups in total. The lowest BCUT2D eigenvalue weighted by molar-refractivity contribution is 0.334. The fourth-order valence-corrected chi connectivity index (χ4v) is 2.51. The van der Waals surface area contributed by atoms with Gasteiger partial charge in [0.25, 0.3) is 0 Å². The van der Waals surface area contributed by atoms with Gasteiger partial charge >= 0.3 is 0 Å². The van der Waals surface area contributed by atoms with E-state index in [1.165, 1.54) is 12.1 Å². The van der Waals surface area contributed by atoms with Gasteiger partial charge in [0.15, 0.2) is 0 Å². The van der Waals surface area contributed by atoms with Gasteiger partial charge in [-0.05, 0) is 43.2 Å². The maximum absolute atomic E-state index is 13.7. The molecule has 0 aliphatic carbocycles. The van der Waals surface area contributed by atoms with Gasteiger partial charge in [-0.2, -0.15) is 0 Å². The van der Waals surface area contributed by atoms with Gasteiger partial charge in [0, 0.05) is 22.1 Å². The summed E-state index contributed by atoms with van der Waals surface area (Å²) >= 11 is 3.39. The molecule has 0 fully saturated rings. The zero-order valence-electron chi connectivity index (χ0n) is 11.6. The van der Waals surface area contributed by atoms with E-state index in [4.69, 9.17) is 10.5 Å². The lowest BCUT2D eigenvalue weighted by Gasteiger charge is -2.17. The van der Waals surface area contributed by atoms with E-state index in [1.54, 1.807) is 0 Å². The number of hydrogen-bond acceptors (Lipinski definition) is 2. The summed E-state index contributed by atoms with van der Waals surface area (Å²) in [6.45, 7) is 2.41. The van der Waals surface area contributed by atoms with Crippen molar-refractivity contribution in [3.8, 4) is 5.75 Å². The van der Waals surface area contributed by atoms with E-state index >= 15 is 0 Å². The van der Waals surface area contributed by atoms with Gasteiger partial charge in [-0.1, -0.05) is 22.0 Å². The normalized spacial score (nSPS) is 12.2. The fraction of sp³-hybridized carbons (Fsp3) is 0.250. The highest BCUT2D eigenvalue weighted by Crippen LogP contribution is 2.30. The standard InChI is InChI=1S/C16H16BrF2NO/c1-2-21-16-6-4-11(17)8-13(16)15(20)7-10-3-5-12(18)9-14(10)19/h3-6,8-9,15H,2,7,20H2,1H3. The average molecular weight is 356 g/mol. The molecule has 2 aromatic carbocycles. The van der Waals surface area contributed by atoms with Gasteiger partial charge < -0.3 is 10.5 Å². The first-order valence-electron chi connectivity index (χ1n) is 6.63. The predicted octanol–water partition coefficient (Wildman–Crippen LogP) is 4.37. The topological polar surface area (TPSA) is 35.2 Å². The number of nitrogens with two attached hydrogens (primary N) is 1. The molecule has 5 heteroatoms. The van der Waals surface area contributed by atoms with Crippen molar-refractivity contribution in [1.82, 2.24) is 0 Å². The first kappa shape index (κ1) is 15.9. The quantitative estimate of drug-likeness (QED) is 0.864. The van der Waals surface area contributed by atoms with Crippen molar-refractivity contribution in [2.75, 3.05) is 6.61 Å². The van der Waals surface area contributed by atoms with E-state index in [-0.39, 0.29) is 6.42 Å². The zero-order chi connectivity index (χ0) is 15.4. The molecule has 2 rings (SSSR count). The molecule has 0 saturated heterocycles. The molecule has 0 aliphatic rings. The first-order valence-corrected chi connectivity index (χ1v) is 7.42. The van der Waals surface area contributed by atoms with Crippen molar-refractivity contribution in [2.24, 2.45) is 5.73 Å². The molecule has 2 nitrogen and oxygen atoms in total. The van der Waals surface area contributed by atoms with Crippen molar-refractivity contribution in [3.05, 3.63) is 63.6 Å². The van der Waals surface area contributed by atoms with Gasteiger partial charge in [-0.3, -0.25) is 0 Å². The monoisotopic (exact) mass is 355 g/mol. The van der Waals surface area contributed by atoms with Gasteiger partial charge in [0.2, 0.25) is 0 Å². The molecule has 2 aromatic rings. The average Bonchev–Trinajstić information content (AvgIpc) is 2.44. The first-order chi connectivity index (χ1) is 10.0. The van der Waals surface area contributed by atoms with Crippen LogP contribution < -0.4 is 10.5 Å². The Morgan fingerprint density at radius 3 is 2.62 bits per heavy atom. The van der Waals surface area contributed by atoms with E-state index in [0.29, 0.717) is 17.9 Å². The molecule has 112 valence electrons. The number of hydrogen-bond donors (Lipinski definition) is 1. The molecular formula is C16H16BrF2NO. The summed E-state index contributed by atoms with van der Waals surface area (Å²) in [5, 5.41) is 0. The molecule has 1 unspecified atom stereocenters. The van der Waals surface area contributed by atoms with Crippen LogP contribution in [-0.4, -0.2) is 6.61 Å². The summed E-state index contributed by atoms with van der Waals surface area (Å²) in [5.41, 5.74) is 7.34. The highest BCUT2D eigenvalue weighted by Gasteiger charge is 2.16. The van der Waals surface area contributed by atoms with Crippen LogP contribution in [0.25, 0.3) is 0 Å². The summed E-state index contributed by atoms with van der Waals surface area (Å²) in [7, 11) is 0. The number of ether oxygens (including phenoxy) is 1. The van der Waals surface area contributed by atoms with Crippen LogP contribution in [0.1, 0.15) is 24.1 Å². The van der Waals surface area contributed by atoms with E-state index in [2.05, 4.69) is 15.9 Å². The molecular weight excluding hydrogens is 340 g/mol. The molecule has 0 aromatic heterocycles. The van der Waals surface area contributed by atoms with Crippen LogP contribution >= 0.6 is 15.9 Å². The predicted molar refractivity (Wildman–Crippen MR) is 82.3 cm³/mol. The van der Waals surface area contributed by atoms with Crippen LogP contribution in [0.4, 0.5) is 8.78 Å². The smallest absolute Gasteiger partial charge is 0.129 e. The number of halogens is 3. The third-order valence-corrected chi connectivity index (χ3v) is 3.62. The Hall–Kier alpha value is -1.46. The highest BCUT2D eigenvalue weighted by molar-refractivity contribution is 9.10. The third kappa shape index (κ3) is 4.02. The SMILES string of the molecule is CCOc1ccc(Br)cc1C(N)Cc1ccc(F)cc1F. The Morgan fingerprint density at radius 2 is 1.95 bits per heavy atom. The maximum atomic E-state index is 13.7. The second kappa shape index (κ2) is 7.00. The maximum Gasteiger partial charge on any atom is 0.129 e. The van der Waals surface area contributed by atoms with Gasteiger partial charge in [0.1, 0.15) is 17.4 Å². The van der Waals surface area contributed by atoms with E-state index in [1.807, 2.05) is 25.1 Å². The molecule has 0 radical (unpaired) electrons. The summed E-state index contributed by atoms with van der Waals surface area (Å²) in [6, 6.07) is 8.62. The molecule has 21 heavy (non-hydrogen) atoms. The van der Waals surface area contributed by atoms with Gasteiger partial charge in [-0.25, -0.2) is 8.78 Å². The second-order valence-corrected chi connectivity index (χ2v) is 5.58. The molecule has 0 amide bonds.